The standard InChI is InChI=1S/C20H15N3OS3/c1-12(26-10-14-6-3-2-5-13(14)9-21)18-22-19(24)17-15(11-27-20(17)23-18)16-7-4-8-25-16/h2-8,11-12H,10H2,1H3,(H,22,23,24)/t12-/m0/s1. The topological polar surface area (TPSA) is 69.5 Å². The highest BCUT2D eigenvalue weighted by Gasteiger charge is 2.17. The Kier molecular flexibility index (Phi) is 5.12. The molecule has 1 N–H and O–H groups in total. The van der Waals surface area contributed by atoms with Crippen LogP contribution in [0.4, 0.5) is 0 Å². The predicted octanol–water partition coefficient (Wildman–Crippen LogP) is 5.58. The van der Waals surface area contributed by atoms with Crippen LogP contribution in [0, 0.1) is 11.3 Å². The Bertz CT molecular complexity index is 1190. The van der Waals surface area contributed by atoms with Crippen LogP contribution in [0.25, 0.3) is 20.7 Å². The van der Waals surface area contributed by atoms with E-state index in [2.05, 4.69) is 11.1 Å². The highest BCUT2D eigenvalue weighted by atomic mass is 32.2. The number of hydrogen-bond acceptors (Lipinski definition) is 6. The van der Waals surface area contributed by atoms with Gasteiger partial charge >= 0.3 is 0 Å². The lowest BCUT2D eigenvalue weighted by Gasteiger charge is -2.11. The van der Waals surface area contributed by atoms with Gasteiger partial charge in [-0.2, -0.15) is 5.26 Å². The first-order valence-corrected chi connectivity index (χ1v) is 11.1. The second kappa shape index (κ2) is 7.69. The monoisotopic (exact) mass is 409 g/mol. The Labute approximate surface area is 168 Å². The molecule has 3 aromatic heterocycles. The van der Waals surface area contributed by atoms with Gasteiger partial charge in [0.15, 0.2) is 0 Å². The van der Waals surface area contributed by atoms with Gasteiger partial charge in [0.05, 0.1) is 22.3 Å². The maximum atomic E-state index is 12.7. The molecule has 3 heterocycles. The molecular weight excluding hydrogens is 394 g/mol. The van der Waals surface area contributed by atoms with E-state index in [1.165, 1.54) is 11.3 Å². The molecule has 0 saturated heterocycles. The molecule has 0 unspecified atom stereocenters. The van der Waals surface area contributed by atoms with Gasteiger partial charge in [0, 0.05) is 21.6 Å². The summed E-state index contributed by atoms with van der Waals surface area (Å²) in [6.07, 6.45) is 0. The molecule has 0 spiro atoms. The van der Waals surface area contributed by atoms with Gasteiger partial charge in [0.1, 0.15) is 10.7 Å². The lowest BCUT2D eigenvalue weighted by molar-refractivity contribution is 0.925. The van der Waals surface area contributed by atoms with Crippen LogP contribution < -0.4 is 5.56 Å². The summed E-state index contributed by atoms with van der Waals surface area (Å²) >= 11 is 4.78. The molecule has 0 aliphatic rings. The molecule has 0 amide bonds. The van der Waals surface area contributed by atoms with Crippen LogP contribution in [0.3, 0.4) is 0 Å². The molecule has 4 nitrogen and oxygen atoms in total. The highest BCUT2D eigenvalue weighted by Crippen LogP contribution is 2.35. The largest absolute Gasteiger partial charge is 0.309 e. The van der Waals surface area contributed by atoms with Crippen LogP contribution in [0.15, 0.2) is 52.0 Å². The predicted molar refractivity (Wildman–Crippen MR) is 114 cm³/mol. The van der Waals surface area contributed by atoms with E-state index in [0.29, 0.717) is 22.5 Å². The Morgan fingerprint density at radius 1 is 1.26 bits per heavy atom. The third-order valence-corrected chi connectivity index (χ3v) is 7.24. The number of thioether (sulfide) groups is 1. The summed E-state index contributed by atoms with van der Waals surface area (Å²) in [4.78, 5) is 22.2. The SMILES string of the molecule is C[C@H](SCc1ccccc1C#N)c1nc2scc(-c3cccs3)c2c(=O)[nH]1. The summed E-state index contributed by atoms with van der Waals surface area (Å²) in [5, 5.41) is 13.9. The summed E-state index contributed by atoms with van der Waals surface area (Å²) in [5.74, 6) is 1.36. The maximum absolute atomic E-state index is 12.7. The maximum Gasteiger partial charge on any atom is 0.260 e. The number of H-pyrrole nitrogens is 1. The minimum absolute atomic E-state index is 0.0149. The number of nitrogens with one attached hydrogen (secondary N) is 1. The molecule has 134 valence electrons. The van der Waals surface area contributed by atoms with Crippen molar-refractivity contribution in [3.8, 4) is 16.5 Å². The summed E-state index contributed by atoms with van der Waals surface area (Å²) in [5.41, 5.74) is 2.54. The highest BCUT2D eigenvalue weighted by molar-refractivity contribution is 7.98. The molecule has 0 fully saturated rings. The van der Waals surface area contributed by atoms with E-state index in [1.54, 1.807) is 23.1 Å². The van der Waals surface area contributed by atoms with Crippen LogP contribution in [0.5, 0.6) is 0 Å². The lowest BCUT2D eigenvalue weighted by Crippen LogP contribution is -2.12. The average molecular weight is 410 g/mol. The molecule has 0 saturated carbocycles. The van der Waals surface area contributed by atoms with Crippen molar-refractivity contribution < 1.29 is 0 Å². The average Bonchev–Trinajstić information content (AvgIpc) is 3.35. The Hall–Kier alpha value is -2.40. The summed E-state index contributed by atoms with van der Waals surface area (Å²) < 4.78 is 0. The molecule has 4 rings (SSSR count). The Morgan fingerprint density at radius 3 is 2.89 bits per heavy atom. The van der Waals surface area contributed by atoms with Gasteiger partial charge in [-0.25, -0.2) is 4.98 Å². The number of nitrogens with zero attached hydrogens (tertiary/aromatic N) is 2. The van der Waals surface area contributed by atoms with Crippen molar-refractivity contribution in [2.24, 2.45) is 0 Å². The first-order valence-electron chi connectivity index (χ1n) is 8.32. The van der Waals surface area contributed by atoms with E-state index in [0.717, 1.165) is 20.8 Å². The molecule has 0 aliphatic heterocycles. The quantitative estimate of drug-likeness (QED) is 0.467. The van der Waals surface area contributed by atoms with Crippen LogP contribution >= 0.6 is 34.4 Å². The minimum atomic E-state index is -0.0930. The van der Waals surface area contributed by atoms with Crippen molar-refractivity contribution in [1.82, 2.24) is 9.97 Å². The van der Waals surface area contributed by atoms with Crippen molar-refractivity contribution in [3.05, 3.63) is 74.5 Å². The number of aromatic amines is 1. The van der Waals surface area contributed by atoms with E-state index in [4.69, 9.17) is 4.98 Å². The normalized spacial score (nSPS) is 12.1. The zero-order valence-electron chi connectivity index (χ0n) is 14.4. The van der Waals surface area contributed by atoms with Gasteiger partial charge in [-0.15, -0.1) is 34.4 Å². The van der Waals surface area contributed by atoms with E-state index in [1.807, 2.05) is 54.1 Å². The molecule has 0 aliphatic carbocycles. The molecular formula is C20H15N3OS3. The van der Waals surface area contributed by atoms with E-state index in [-0.39, 0.29) is 10.8 Å². The van der Waals surface area contributed by atoms with Crippen LogP contribution in [-0.2, 0) is 5.75 Å². The Balaban J connectivity index is 1.61. The third-order valence-electron chi connectivity index (χ3n) is 4.26. The van der Waals surface area contributed by atoms with Gasteiger partial charge in [-0.05, 0) is 30.0 Å². The van der Waals surface area contributed by atoms with Crippen molar-refractivity contribution in [2.45, 2.75) is 17.9 Å². The lowest BCUT2D eigenvalue weighted by atomic mass is 10.1. The summed E-state index contributed by atoms with van der Waals surface area (Å²) in [6.45, 7) is 2.03. The molecule has 1 aromatic carbocycles. The van der Waals surface area contributed by atoms with Gasteiger partial charge in [0.2, 0.25) is 0 Å². The third kappa shape index (κ3) is 3.56. The number of hydrogen-bond donors (Lipinski definition) is 1. The van der Waals surface area contributed by atoms with Gasteiger partial charge in [-0.3, -0.25) is 4.79 Å². The molecule has 27 heavy (non-hydrogen) atoms. The van der Waals surface area contributed by atoms with E-state index < -0.39 is 0 Å². The van der Waals surface area contributed by atoms with Gasteiger partial charge in [-0.1, -0.05) is 24.3 Å². The summed E-state index contributed by atoms with van der Waals surface area (Å²) in [6, 6.07) is 13.8. The Morgan fingerprint density at radius 2 is 2.11 bits per heavy atom. The molecule has 0 bridgehead atoms. The fourth-order valence-corrected chi connectivity index (χ4v) is 5.54. The molecule has 7 heteroatoms. The first kappa shape index (κ1) is 18.0. The number of rotatable bonds is 5. The second-order valence-corrected chi connectivity index (χ2v) is 9.12. The fourth-order valence-electron chi connectivity index (χ4n) is 2.82. The first-order chi connectivity index (χ1) is 13.2. The van der Waals surface area contributed by atoms with Crippen molar-refractivity contribution in [3.63, 3.8) is 0 Å². The van der Waals surface area contributed by atoms with E-state index >= 15 is 0 Å². The number of nitriles is 1. The molecule has 1 atom stereocenters. The van der Waals surface area contributed by atoms with Crippen LogP contribution in [0.2, 0.25) is 0 Å². The minimum Gasteiger partial charge on any atom is -0.309 e. The molecule has 4 aromatic rings. The number of thiophene rings is 2. The van der Waals surface area contributed by atoms with Gasteiger partial charge < -0.3 is 4.98 Å². The number of aromatic nitrogens is 2. The van der Waals surface area contributed by atoms with E-state index in [9.17, 15) is 10.1 Å². The zero-order valence-corrected chi connectivity index (χ0v) is 16.9. The van der Waals surface area contributed by atoms with Crippen molar-refractivity contribution in [2.75, 3.05) is 0 Å². The van der Waals surface area contributed by atoms with Crippen molar-refractivity contribution in [1.29, 1.82) is 5.26 Å². The molecule has 0 radical (unpaired) electrons. The second-order valence-electron chi connectivity index (χ2n) is 5.98. The number of benzene rings is 1. The van der Waals surface area contributed by atoms with Crippen LogP contribution in [0.1, 0.15) is 29.1 Å². The van der Waals surface area contributed by atoms with Crippen molar-refractivity contribution >= 4 is 44.7 Å². The summed E-state index contributed by atoms with van der Waals surface area (Å²) in [7, 11) is 0. The van der Waals surface area contributed by atoms with Gasteiger partial charge in [0.25, 0.3) is 5.56 Å². The van der Waals surface area contributed by atoms with Crippen LogP contribution in [-0.4, -0.2) is 9.97 Å². The zero-order chi connectivity index (χ0) is 18.8. The fraction of sp³-hybridized carbons (Fsp3) is 0.150. The smallest absolute Gasteiger partial charge is 0.260 e. The number of fused-ring (bicyclic) bond motifs is 1.